The fourth-order valence-electron chi connectivity index (χ4n) is 4.81. The quantitative estimate of drug-likeness (QED) is 0.286. The minimum atomic E-state index is -0.340. The van der Waals surface area contributed by atoms with E-state index in [2.05, 4.69) is 29.2 Å². The molecule has 37 heavy (non-hydrogen) atoms. The lowest BCUT2D eigenvalue weighted by Gasteiger charge is -2.34. The molecule has 6 heteroatoms. The van der Waals surface area contributed by atoms with Crippen molar-refractivity contribution in [3.63, 3.8) is 0 Å². The molecule has 4 nitrogen and oxygen atoms in total. The molecule has 1 aliphatic rings. The Balaban J connectivity index is 1.36. The lowest BCUT2D eigenvalue weighted by atomic mass is 10.1. The number of benzene rings is 3. The second kappa shape index (κ2) is 11.2. The summed E-state index contributed by atoms with van der Waals surface area (Å²) in [6.07, 6.45) is 4.30. The Morgan fingerprint density at radius 3 is 2.30 bits per heavy atom. The van der Waals surface area contributed by atoms with E-state index >= 15 is 0 Å². The van der Waals surface area contributed by atoms with Crippen molar-refractivity contribution in [1.29, 1.82) is 0 Å². The van der Waals surface area contributed by atoms with Crippen molar-refractivity contribution < 1.29 is 9.18 Å². The molecule has 0 spiro atoms. The maximum absolute atomic E-state index is 14.9. The molecule has 1 fully saturated rings. The highest BCUT2D eigenvalue weighted by Gasteiger charge is 2.27. The molecule has 1 amide bonds. The summed E-state index contributed by atoms with van der Waals surface area (Å²) in [5.41, 5.74) is 4.53. The minimum absolute atomic E-state index is 0.0257. The number of aromatic nitrogens is 1. The third kappa shape index (κ3) is 5.53. The zero-order valence-corrected chi connectivity index (χ0v) is 21.5. The summed E-state index contributed by atoms with van der Waals surface area (Å²) >= 11 is 6.11. The van der Waals surface area contributed by atoms with Gasteiger partial charge < -0.3 is 9.47 Å². The first-order chi connectivity index (χ1) is 18.0. The van der Waals surface area contributed by atoms with Gasteiger partial charge in [-0.15, -0.1) is 0 Å². The van der Waals surface area contributed by atoms with Crippen LogP contribution in [0.3, 0.4) is 0 Å². The highest BCUT2D eigenvalue weighted by molar-refractivity contribution is 6.30. The Labute approximate surface area is 222 Å². The van der Waals surface area contributed by atoms with Crippen LogP contribution < -0.4 is 0 Å². The Hall–Kier alpha value is -3.67. The lowest BCUT2D eigenvalue weighted by molar-refractivity contribution is 0.0649. The molecule has 1 aromatic heterocycles. The first-order valence-corrected chi connectivity index (χ1v) is 12.9. The Morgan fingerprint density at radius 2 is 1.59 bits per heavy atom. The SMILES string of the molecule is Cc1c(C(=O)N2CCN(CC=Cc3ccccc3)CC2)cc(-c2ccc(Cl)cc2)n1-c1ccccc1F. The van der Waals surface area contributed by atoms with Gasteiger partial charge in [0.05, 0.1) is 16.9 Å². The summed E-state index contributed by atoms with van der Waals surface area (Å²) < 4.78 is 16.7. The molecular formula is C31H29ClFN3O. The molecule has 0 unspecified atom stereocenters. The van der Waals surface area contributed by atoms with Crippen molar-refractivity contribution >= 4 is 23.6 Å². The number of rotatable bonds is 6. The highest BCUT2D eigenvalue weighted by atomic mass is 35.5. The number of hydrogen-bond acceptors (Lipinski definition) is 2. The van der Waals surface area contributed by atoms with E-state index in [4.69, 9.17) is 11.6 Å². The van der Waals surface area contributed by atoms with Crippen LogP contribution in [0.1, 0.15) is 21.6 Å². The largest absolute Gasteiger partial charge is 0.336 e. The maximum atomic E-state index is 14.9. The summed E-state index contributed by atoms with van der Waals surface area (Å²) in [5.74, 6) is -0.366. The molecule has 1 saturated heterocycles. The molecular weight excluding hydrogens is 485 g/mol. The van der Waals surface area contributed by atoms with E-state index in [1.165, 1.54) is 11.6 Å². The van der Waals surface area contributed by atoms with Crippen molar-refractivity contribution in [3.8, 4) is 16.9 Å². The van der Waals surface area contributed by atoms with E-state index in [9.17, 15) is 9.18 Å². The van der Waals surface area contributed by atoms with Crippen molar-refractivity contribution in [2.75, 3.05) is 32.7 Å². The number of nitrogens with zero attached hydrogens (tertiary/aromatic N) is 3. The molecule has 188 valence electrons. The molecule has 0 saturated carbocycles. The molecule has 4 aromatic rings. The maximum Gasteiger partial charge on any atom is 0.255 e. The third-order valence-corrected chi connectivity index (χ3v) is 7.10. The van der Waals surface area contributed by atoms with Crippen LogP contribution in [0.2, 0.25) is 5.02 Å². The van der Waals surface area contributed by atoms with Crippen LogP contribution in [-0.4, -0.2) is 53.0 Å². The Bertz CT molecular complexity index is 1400. The van der Waals surface area contributed by atoms with Gasteiger partial charge in [0.1, 0.15) is 5.82 Å². The van der Waals surface area contributed by atoms with E-state index in [-0.39, 0.29) is 11.7 Å². The third-order valence-electron chi connectivity index (χ3n) is 6.84. The smallest absolute Gasteiger partial charge is 0.255 e. The number of piperazine rings is 1. The number of halogens is 2. The first kappa shape index (κ1) is 25.0. The number of amides is 1. The van der Waals surface area contributed by atoms with Crippen LogP contribution in [0.4, 0.5) is 4.39 Å². The van der Waals surface area contributed by atoms with Gasteiger partial charge >= 0.3 is 0 Å². The van der Waals surface area contributed by atoms with E-state index in [0.29, 0.717) is 35.1 Å². The topological polar surface area (TPSA) is 28.5 Å². The van der Waals surface area contributed by atoms with Crippen molar-refractivity contribution in [3.05, 3.63) is 119 Å². The molecule has 0 radical (unpaired) electrons. The Morgan fingerprint density at radius 1 is 0.919 bits per heavy atom. The van der Waals surface area contributed by atoms with E-state index in [0.717, 1.165) is 30.9 Å². The molecule has 2 heterocycles. The Kier molecular flexibility index (Phi) is 7.54. The van der Waals surface area contributed by atoms with Crippen LogP contribution in [0.15, 0.2) is 91.0 Å². The fourth-order valence-corrected chi connectivity index (χ4v) is 4.93. The number of carbonyl (C=O) groups excluding carboxylic acids is 1. The lowest BCUT2D eigenvalue weighted by Crippen LogP contribution is -2.48. The second-order valence-electron chi connectivity index (χ2n) is 9.23. The fraction of sp³-hybridized carbons (Fsp3) is 0.194. The van der Waals surface area contributed by atoms with Crippen LogP contribution >= 0.6 is 11.6 Å². The van der Waals surface area contributed by atoms with Crippen LogP contribution in [0.5, 0.6) is 0 Å². The summed E-state index contributed by atoms with van der Waals surface area (Å²) in [6, 6.07) is 26.2. The van der Waals surface area contributed by atoms with Gasteiger partial charge in [-0.1, -0.05) is 78.4 Å². The average molecular weight is 514 g/mol. The summed E-state index contributed by atoms with van der Waals surface area (Å²) in [5, 5.41) is 0.622. The van der Waals surface area contributed by atoms with Crippen molar-refractivity contribution in [1.82, 2.24) is 14.4 Å². The predicted molar refractivity (Wildman–Crippen MR) is 149 cm³/mol. The van der Waals surface area contributed by atoms with Crippen LogP contribution in [0.25, 0.3) is 23.0 Å². The monoisotopic (exact) mass is 513 g/mol. The van der Waals surface area contributed by atoms with Gasteiger partial charge in [-0.3, -0.25) is 9.69 Å². The summed E-state index contributed by atoms with van der Waals surface area (Å²) in [7, 11) is 0. The molecule has 0 N–H and O–H groups in total. The first-order valence-electron chi connectivity index (χ1n) is 12.5. The van der Waals surface area contributed by atoms with Gasteiger partial charge in [-0.25, -0.2) is 4.39 Å². The van der Waals surface area contributed by atoms with Crippen LogP contribution in [-0.2, 0) is 0 Å². The normalized spacial score (nSPS) is 14.4. The van der Waals surface area contributed by atoms with Gasteiger partial charge in [0.15, 0.2) is 0 Å². The molecule has 3 aromatic carbocycles. The molecule has 0 bridgehead atoms. The number of carbonyl (C=O) groups is 1. The standard InChI is InChI=1S/C31H29ClFN3O/c1-23-27(31(37)35-20-18-34(19-21-35)17-7-10-24-8-3-2-4-9-24)22-30(25-13-15-26(32)16-14-25)36(23)29-12-6-5-11-28(29)33/h2-16,22H,17-21H2,1H3. The molecule has 0 aliphatic carbocycles. The van der Waals surface area contributed by atoms with Crippen LogP contribution in [0, 0.1) is 12.7 Å². The van der Waals surface area contributed by atoms with Gasteiger partial charge in [0, 0.05) is 43.4 Å². The van der Waals surface area contributed by atoms with Crippen molar-refractivity contribution in [2.24, 2.45) is 0 Å². The second-order valence-corrected chi connectivity index (χ2v) is 9.66. The van der Waals surface area contributed by atoms with Gasteiger partial charge in [0.25, 0.3) is 5.91 Å². The van der Waals surface area contributed by atoms with Gasteiger partial charge in [-0.2, -0.15) is 0 Å². The zero-order chi connectivity index (χ0) is 25.8. The average Bonchev–Trinajstić information content (AvgIpc) is 3.26. The van der Waals surface area contributed by atoms with E-state index in [1.54, 1.807) is 30.3 Å². The molecule has 1 aliphatic heterocycles. The molecule has 0 atom stereocenters. The number of para-hydroxylation sites is 1. The van der Waals surface area contributed by atoms with Gasteiger partial charge in [0.2, 0.25) is 0 Å². The van der Waals surface area contributed by atoms with Crippen molar-refractivity contribution in [2.45, 2.75) is 6.92 Å². The molecule has 5 rings (SSSR count). The summed E-state index contributed by atoms with van der Waals surface area (Å²) in [6.45, 7) is 5.64. The predicted octanol–water partition coefficient (Wildman–Crippen LogP) is 6.72. The van der Waals surface area contributed by atoms with E-state index in [1.807, 2.05) is 52.8 Å². The zero-order valence-electron chi connectivity index (χ0n) is 20.8. The van der Waals surface area contributed by atoms with E-state index < -0.39 is 0 Å². The summed E-state index contributed by atoms with van der Waals surface area (Å²) in [4.78, 5) is 17.9. The number of hydrogen-bond donors (Lipinski definition) is 0. The van der Waals surface area contributed by atoms with Gasteiger partial charge in [-0.05, 0) is 48.4 Å². The highest BCUT2D eigenvalue weighted by Crippen LogP contribution is 2.32. The minimum Gasteiger partial charge on any atom is -0.336 e.